The molecule has 0 aliphatic heterocycles. The summed E-state index contributed by atoms with van der Waals surface area (Å²) in [6.45, 7) is 0.667. The van der Waals surface area contributed by atoms with E-state index in [1.807, 2.05) is 30.3 Å². The Hall–Kier alpha value is -1.61. The summed E-state index contributed by atoms with van der Waals surface area (Å²) in [5.41, 5.74) is 1.68. The lowest BCUT2D eigenvalue weighted by Gasteiger charge is -2.26. The van der Waals surface area contributed by atoms with Crippen molar-refractivity contribution >= 4 is 28.4 Å². The Morgan fingerprint density at radius 2 is 2.10 bits per heavy atom. The van der Waals surface area contributed by atoms with Gasteiger partial charge in [-0.25, -0.2) is 0 Å². The summed E-state index contributed by atoms with van der Waals surface area (Å²) in [6, 6.07) is 9.45. The Morgan fingerprint density at radius 3 is 2.86 bits per heavy atom. The number of amides is 1. The molecule has 3 rings (SSSR count). The van der Waals surface area contributed by atoms with Crippen molar-refractivity contribution in [3.8, 4) is 0 Å². The third-order valence-corrected chi connectivity index (χ3v) is 5.00. The SMILES string of the molecule is O=C(NCC1(CCl)CCCC1)c1ccc2ncccc2c1. The van der Waals surface area contributed by atoms with E-state index in [1.165, 1.54) is 12.8 Å². The topological polar surface area (TPSA) is 42.0 Å². The standard InChI is InChI=1S/C17H19ClN2O/c18-11-17(7-1-2-8-17)12-20-16(21)14-5-6-15-13(10-14)4-3-9-19-15/h3-6,9-10H,1-2,7-8,11-12H2,(H,20,21). The third-order valence-electron chi connectivity index (χ3n) is 4.44. The molecule has 3 nitrogen and oxygen atoms in total. The van der Waals surface area contributed by atoms with E-state index < -0.39 is 0 Å². The van der Waals surface area contributed by atoms with E-state index in [9.17, 15) is 4.79 Å². The molecule has 0 bridgehead atoms. The van der Waals surface area contributed by atoms with Gasteiger partial charge in [0.2, 0.25) is 0 Å². The van der Waals surface area contributed by atoms with Crippen molar-refractivity contribution in [2.45, 2.75) is 25.7 Å². The average molecular weight is 303 g/mol. The van der Waals surface area contributed by atoms with Crippen molar-refractivity contribution in [2.75, 3.05) is 12.4 Å². The molecule has 1 aromatic heterocycles. The molecule has 0 spiro atoms. The molecule has 1 N–H and O–H groups in total. The molecule has 0 radical (unpaired) electrons. The fraction of sp³-hybridized carbons (Fsp3) is 0.412. The molecule has 0 saturated heterocycles. The molecule has 1 aliphatic rings. The van der Waals surface area contributed by atoms with E-state index in [-0.39, 0.29) is 11.3 Å². The van der Waals surface area contributed by atoms with Crippen LogP contribution in [0.2, 0.25) is 0 Å². The number of aromatic nitrogens is 1. The van der Waals surface area contributed by atoms with Crippen LogP contribution in [0.4, 0.5) is 0 Å². The third kappa shape index (κ3) is 3.03. The molecule has 1 aromatic carbocycles. The number of nitrogens with zero attached hydrogens (tertiary/aromatic N) is 1. The van der Waals surface area contributed by atoms with E-state index in [4.69, 9.17) is 11.6 Å². The first-order valence-electron chi connectivity index (χ1n) is 7.41. The van der Waals surface area contributed by atoms with Crippen LogP contribution in [0.15, 0.2) is 36.5 Å². The van der Waals surface area contributed by atoms with Gasteiger partial charge in [-0.15, -0.1) is 11.6 Å². The number of hydrogen-bond donors (Lipinski definition) is 1. The van der Waals surface area contributed by atoms with Crippen molar-refractivity contribution in [1.29, 1.82) is 0 Å². The summed E-state index contributed by atoms with van der Waals surface area (Å²) in [5, 5.41) is 4.04. The highest BCUT2D eigenvalue weighted by Crippen LogP contribution is 2.38. The lowest BCUT2D eigenvalue weighted by atomic mass is 9.88. The zero-order chi connectivity index (χ0) is 14.7. The molecule has 110 valence electrons. The fourth-order valence-corrected chi connectivity index (χ4v) is 3.43. The smallest absolute Gasteiger partial charge is 0.251 e. The van der Waals surface area contributed by atoms with Gasteiger partial charge in [0, 0.05) is 35.0 Å². The van der Waals surface area contributed by atoms with Crippen LogP contribution in [0.5, 0.6) is 0 Å². The van der Waals surface area contributed by atoms with Gasteiger partial charge in [-0.1, -0.05) is 18.9 Å². The van der Waals surface area contributed by atoms with Crippen LogP contribution in [-0.4, -0.2) is 23.3 Å². The van der Waals surface area contributed by atoms with Gasteiger partial charge >= 0.3 is 0 Å². The summed E-state index contributed by atoms with van der Waals surface area (Å²) >= 11 is 6.11. The summed E-state index contributed by atoms with van der Waals surface area (Å²) in [5.74, 6) is 0.590. The predicted octanol–water partition coefficient (Wildman–Crippen LogP) is 3.76. The second kappa shape index (κ2) is 6.02. The molecule has 0 atom stereocenters. The molecule has 1 heterocycles. The highest BCUT2D eigenvalue weighted by Gasteiger charge is 2.33. The van der Waals surface area contributed by atoms with Crippen molar-refractivity contribution in [1.82, 2.24) is 10.3 Å². The van der Waals surface area contributed by atoms with Crippen LogP contribution in [-0.2, 0) is 0 Å². The summed E-state index contributed by atoms with van der Waals surface area (Å²) < 4.78 is 0. The largest absolute Gasteiger partial charge is 0.351 e. The minimum atomic E-state index is -0.0304. The van der Waals surface area contributed by atoms with Crippen LogP contribution < -0.4 is 5.32 Å². The maximum Gasteiger partial charge on any atom is 0.251 e. The molecule has 1 saturated carbocycles. The van der Waals surface area contributed by atoms with Crippen molar-refractivity contribution in [2.24, 2.45) is 5.41 Å². The molecule has 0 unspecified atom stereocenters. The number of fused-ring (bicyclic) bond motifs is 1. The van der Waals surface area contributed by atoms with Gasteiger partial charge in [0.05, 0.1) is 5.52 Å². The Morgan fingerprint density at radius 1 is 1.29 bits per heavy atom. The van der Waals surface area contributed by atoms with E-state index in [0.29, 0.717) is 18.0 Å². The van der Waals surface area contributed by atoms with Crippen LogP contribution in [0.1, 0.15) is 36.0 Å². The first-order valence-corrected chi connectivity index (χ1v) is 7.95. The number of alkyl halides is 1. The minimum Gasteiger partial charge on any atom is -0.351 e. The fourth-order valence-electron chi connectivity index (χ4n) is 3.07. The first kappa shape index (κ1) is 14.3. The quantitative estimate of drug-likeness (QED) is 0.874. The van der Waals surface area contributed by atoms with E-state index in [0.717, 1.165) is 23.7 Å². The average Bonchev–Trinajstić information content (AvgIpc) is 3.01. The lowest BCUT2D eigenvalue weighted by Crippen LogP contribution is -2.37. The molecule has 1 aliphatic carbocycles. The zero-order valence-corrected chi connectivity index (χ0v) is 12.7. The minimum absolute atomic E-state index is 0.0304. The summed E-state index contributed by atoms with van der Waals surface area (Å²) in [4.78, 5) is 16.6. The van der Waals surface area contributed by atoms with Gasteiger partial charge in [0.25, 0.3) is 5.91 Å². The van der Waals surface area contributed by atoms with Gasteiger partial charge in [-0.2, -0.15) is 0 Å². The number of halogens is 1. The number of carbonyl (C=O) groups is 1. The molecular formula is C17H19ClN2O. The second-order valence-electron chi connectivity index (χ2n) is 5.93. The van der Waals surface area contributed by atoms with Gasteiger partial charge in [0.1, 0.15) is 0 Å². The molecule has 4 heteroatoms. The molecule has 2 aromatic rings. The molecule has 21 heavy (non-hydrogen) atoms. The maximum absolute atomic E-state index is 12.3. The maximum atomic E-state index is 12.3. The molecular weight excluding hydrogens is 284 g/mol. The predicted molar refractivity (Wildman–Crippen MR) is 85.7 cm³/mol. The van der Waals surface area contributed by atoms with Crippen LogP contribution in [0.3, 0.4) is 0 Å². The van der Waals surface area contributed by atoms with Crippen LogP contribution in [0.25, 0.3) is 10.9 Å². The molecule has 1 fully saturated rings. The van der Waals surface area contributed by atoms with E-state index in [2.05, 4.69) is 10.3 Å². The van der Waals surface area contributed by atoms with E-state index in [1.54, 1.807) is 6.20 Å². The van der Waals surface area contributed by atoms with Gasteiger partial charge < -0.3 is 5.32 Å². The number of rotatable bonds is 4. The Bertz CT molecular complexity index is 650. The van der Waals surface area contributed by atoms with Crippen LogP contribution in [0, 0.1) is 5.41 Å². The summed E-state index contributed by atoms with van der Waals surface area (Å²) in [7, 11) is 0. The lowest BCUT2D eigenvalue weighted by molar-refractivity contribution is 0.0935. The molecule has 1 amide bonds. The zero-order valence-electron chi connectivity index (χ0n) is 11.9. The van der Waals surface area contributed by atoms with Gasteiger partial charge in [0.15, 0.2) is 0 Å². The Balaban J connectivity index is 1.71. The van der Waals surface area contributed by atoms with Gasteiger partial charge in [-0.3, -0.25) is 9.78 Å². The Kier molecular flexibility index (Phi) is 4.11. The van der Waals surface area contributed by atoms with Gasteiger partial charge in [-0.05, 0) is 37.1 Å². The second-order valence-corrected chi connectivity index (χ2v) is 6.20. The van der Waals surface area contributed by atoms with Crippen molar-refractivity contribution in [3.05, 3.63) is 42.1 Å². The van der Waals surface area contributed by atoms with E-state index >= 15 is 0 Å². The number of pyridine rings is 1. The van der Waals surface area contributed by atoms with Crippen molar-refractivity contribution < 1.29 is 4.79 Å². The summed E-state index contributed by atoms with van der Waals surface area (Å²) in [6.07, 6.45) is 6.40. The number of benzene rings is 1. The number of nitrogens with one attached hydrogen (secondary N) is 1. The monoisotopic (exact) mass is 302 g/mol. The Labute approximate surface area is 129 Å². The number of hydrogen-bond acceptors (Lipinski definition) is 2. The van der Waals surface area contributed by atoms with Crippen LogP contribution >= 0.6 is 11.6 Å². The number of carbonyl (C=O) groups excluding carboxylic acids is 1. The van der Waals surface area contributed by atoms with Crippen molar-refractivity contribution in [3.63, 3.8) is 0 Å². The highest BCUT2D eigenvalue weighted by molar-refractivity contribution is 6.18. The first-order chi connectivity index (χ1) is 10.2. The highest BCUT2D eigenvalue weighted by atomic mass is 35.5. The normalized spacial score (nSPS) is 17.0.